The van der Waals surface area contributed by atoms with Gasteiger partial charge in [-0.3, -0.25) is 14.4 Å². The van der Waals surface area contributed by atoms with Crippen molar-refractivity contribution in [1.82, 2.24) is 35.5 Å². The first-order valence-electron chi connectivity index (χ1n) is 22.5. The molecule has 0 spiro atoms. The summed E-state index contributed by atoms with van der Waals surface area (Å²) in [6.45, 7) is 10.6. The highest BCUT2D eigenvalue weighted by molar-refractivity contribution is 6.35. The first-order valence-corrected chi connectivity index (χ1v) is 22.5. The van der Waals surface area contributed by atoms with Crippen molar-refractivity contribution in [2.24, 2.45) is 0 Å². The van der Waals surface area contributed by atoms with Gasteiger partial charge < -0.3 is 34.9 Å². The maximum absolute atomic E-state index is 13.4. The number of carbonyl (C=O) groups is 3. The highest BCUT2D eigenvalue weighted by Gasteiger charge is 2.28. The van der Waals surface area contributed by atoms with Gasteiger partial charge in [-0.05, 0) is 155 Å². The number of rotatable bonds is 14. The van der Waals surface area contributed by atoms with E-state index >= 15 is 0 Å². The third-order valence-corrected chi connectivity index (χ3v) is 11.0. The summed E-state index contributed by atoms with van der Waals surface area (Å²) in [6, 6.07) is 37.5. The fourth-order valence-electron chi connectivity index (χ4n) is 7.73. The quantitative estimate of drug-likeness (QED) is 0.0903. The number of nitrogens with one attached hydrogen (secondary N) is 3. The van der Waals surface area contributed by atoms with Gasteiger partial charge >= 0.3 is 11.8 Å². The van der Waals surface area contributed by atoms with E-state index in [9.17, 15) is 23.2 Å². The minimum Gasteiger partial charge on any atom is -0.497 e. The predicted molar refractivity (Wildman–Crippen MR) is 264 cm³/mol. The molecule has 0 saturated carbocycles. The molecule has 0 aliphatic heterocycles. The molecule has 2 heterocycles. The Morgan fingerprint density at radius 3 is 1.39 bits per heavy atom. The fourth-order valence-corrected chi connectivity index (χ4v) is 7.73. The number of carbonyl (C=O) groups excluding carboxylic acids is 3. The Balaban J connectivity index is 0.000000209. The smallest absolute Gasteiger partial charge is 0.309 e. The molecule has 6 aromatic carbocycles. The second-order valence-electron chi connectivity index (χ2n) is 17.6. The average Bonchev–Trinajstić information content (AvgIpc) is 3.96. The second-order valence-corrected chi connectivity index (χ2v) is 17.6. The maximum atomic E-state index is 13.4. The first-order chi connectivity index (χ1) is 33.5. The van der Waals surface area contributed by atoms with Gasteiger partial charge in [0.2, 0.25) is 5.91 Å². The van der Waals surface area contributed by atoms with Gasteiger partial charge in [0, 0.05) is 23.2 Å². The van der Waals surface area contributed by atoms with Crippen LogP contribution in [0.4, 0.5) is 8.78 Å². The van der Waals surface area contributed by atoms with Gasteiger partial charge in [-0.15, -0.1) is 0 Å². The number of aromatic nitrogens is 4. The molecule has 14 nitrogen and oxygen atoms in total. The van der Waals surface area contributed by atoms with Gasteiger partial charge in [-0.2, -0.15) is 10.2 Å². The Morgan fingerprint density at radius 2 is 0.986 bits per heavy atom. The molecule has 2 aromatic heterocycles. The van der Waals surface area contributed by atoms with E-state index in [-0.39, 0.29) is 23.6 Å². The third-order valence-electron chi connectivity index (χ3n) is 11.0. The topological polar surface area (TPSA) is 160 Å². The summed E-state index contributed by atoms with van der Waals surface area (Å²) in [7, 11) is 3.18. The summed E-state index contributed by atoms with van der Waals surface area (Å²) < 4.78 is 53.6. The lowest BCUT2D eigenvalue weighted by Crippen LogP contribution is -2.51. The van der Waals surface area contributed by atoms with Crippen molar-refractivity contribution in [1.29, 1.82) is 0 Å². The van der Waals surface area contributed by atoms with Gasteiger partial charge in [0.05, 0.1) is 61.1 Å². The van der Waals surface area contributed by atoms with E-state index in [1.54, 1.807) is 94.0 Å². The van der Waals surface area contributed by atoms with Crippen LogP contribution in [0.1, 0.15) is 64.9 Å². The van der Waals surface area contributed by atoms with Crippen molar-refractivity contribution in [2.75, 3.05) is 14.2 Å². The zero-order valence-corrected chi connectivity index (χ0v) is 40.1. The number of fused-ring (bicyclic) bond motifs is 2. The van der Waals surface area contributed by atoms with Crippen LogP contribution in [0.3, 0.4) is 0 Å². The van der Waals surface area contributed by atoms with Crippen LogP contribution in [0.15, 0.2) is 146 Å². The van der Waals surface area contributed by atoms with E-state index in [2.05, 4.69) is 26.1 Å². The molecule has 3 N–H and O–H groups in total. The molecular formula is C54H55F2N7O7. The van der Waals surface area contributed by atoms with Crippen LogP contribution < -0.4 is 34.9 Å². The van der Waals surface area contributed by atoms with Crippen molar-refractivity contribution >= 4 is 39.5 Å². The lowest BCUT2D eigenvalue weighted by atomic mass is 10.0. The van der Waals surface area contributed by atoms with Crippen LogP contribution in [0.25, 0.3) is 33.2 Å². The molecule has 8 aromatic rings. The minimum absolute atomic E-state index is 0.134. The standard InChI is InChI=1S/C29H31FN4O4.C25H24FN3O3/c1-18(32-27(35)28(36)33-29(2,3)4)26(19-7-6-8-23(15-19)37-5)38-24-13-14-25-20(16-24)17-31-34(25)22-11-9-21(30)10-12-22;1-16(28-17(2)30)25(18-5-4-6-22(13-18)31-3)32-23-11-12-24-19(14-23)15-27-29(24)21-9-7-20(26)8-10-21/h6-18,26H,1-5H3,(H,32,35)(H,33,36);4-16,25H,1-3H3,(H,28,30)/t18-,26-;16-,25-/m00/s1. The molecule has 0 saturated heterocycles. The Kier molecular flexibility index (Phi) is 15.4. The van der Waals surface area contributed by atoms with Gasteiger partial charge in [0.1, 0.15) is 46.8 Å². The van der Waals surface area contributed by atoms with E-state index < -0.39 is 35.6 Å². The number of hydrogen-bond donors (Lipinski definition) is 3. The summed E-state index contributed by atoms with van der Waals surface area (Å²) in [5.74, 6) is 0.316. The number of hydrogen-bond acceptors (Lipinski definition) is 9. The summed E-state index contributed by atoms with van der Waals surface area (Å²) in [5.41, 5.74) is 4.29. The maximum Gasteiger partial charge on any atom is 0.309 e. The molecule has 0 aliphatic rings. The number of halogens is 2. The van der Waals surface area contributed by atoms with E-state index in [1.165, 1.54) is 31.2 Å². The van der Waals surface area contributed by atoms with Crippen molar-refractivity contribution in [3.63, 3.8) is 0 Å². The van der Waals surface area contributed by atoms with E-state index in [1.807, 2.05) is 85.8 Å². The second kappa shape index (κ2) is 21.8. The Labute approximate surface area is 404 Å². The van der Waals surface area contributed by atoms with Crippen LogP contribution >= 0.6 is 0 Å². The normalized spacial score (nSPS) is 12.9. The van der Waals surface area contributed by atoms with Crippen LogP contribution in [0, 0.1) is 11.6 Å². The monoisotopic (exact) mass is 951 g/mol. The zero-order valence-electron chi connectivity index (χ0n) is 40.1. The van der Waals surface area contributed by atoms with Crippen molar-refractivity contribution in [2.45, 2.75) is 71.4 Å². The molecule has 70 heavy (non-hydrogen) atoms. The summed E-state index contributed by atoms with van der Waals surface area (Å²) in [5, 5.41) is 18.9. The first kappa shape index (κ1) is 49.6. The molecule has 0 bridgehead atoms. The van der Waals surface area contributed by atoms with E-state index in [4.69, 9.17) is 18.9 Å². The summed E-state index contributed by atoms with van der Waals surface area (Å²) >= 11 is 0. The number of benzene rings is 6. The Morgan fingerprint density at radius 1 is 0.557 bits per heavy atom. The molecule has 3 amide bonds. The van der Waals surface area contributed by atoms with Crippen LogP contribution in [-0.2, 0) is 14.4 Å². The molecule has 362 valence electrons. The fraction of sp³-hybridized carbons (Fsp3) is 0.241. The van der Waals surface area contributed by atoms with Crippen LogP contribution in [0.2, 0.25) is 0 Å². The number of amides is 3. The van der Waals surface area contributed by atoms with Gasteiger partial charge in [0.15, 0.2) is 0 Å². The molecule has 0 unspecified atom stereocenters. The molecule has 0 fully saturated rings. The molecule has 4 atom stereocenters. The number of nitrogens with zero attached hydrogens (tertiary/aromatic N) is 4. The lowest BCUT2D eigenvalue weighted by Gasteiger charge is -2.27. The molecular weight excluding hydrogens is 897 g/mol. The number of ether oxygens (including phenoxy) is 4. The molecule has 8 rings (SSSR count). The SMILES string of the molecule is COc1cccc([C@@H](Oc2ccc3c(cnn3-c3ccc(F)cc3)c2)[C@H](C)NC(=O)C(=O)NC(C)(C)C)c1.COc1cccc([C@@H](Oc2ccc3c(cnn3-c3ccc(F)cc3)c2)[C@H](C)NC(C)=O)c1. The van der Waals surface area contributed by atoms with Crippen molar-refractivity contribution < 1.29 is 42.1 Å². The lowest BCUT2D eigenvalue weighted by molar-refractivity contribution is -0.140. The van der Waals surface area contributed by atoms with Crippen molar-refractivity contribution in [3.05, 3.63) is 169 Å². The van der Waals surface area contributed by atoms with Gasteiger partial charge in [0.25, 0.3) is 0 Å². The predicted octanol–water partition coefficient (Wildman–Crippen LogP) is 9.53. The van der Waals surface area contributed by atoms with Crippen LogP contribution in [0.5, 0.6) is 23.0 Å². The highest BCUT2D eigenvalue weighted by atomic mass is 19.1. The average molecular weight is 952 g/mol. The van der Waals surface area contributed by atoms with Crippen LogP contribution in [-0.4, -0.2) is 69.1 Å². The molecule has 0 aliphatic carbocycles. The largest absolute Gasteiger partial charge is 0.497 e. The zero-order chi connectivity index (χ0) is 50.1. The Hall–Kier alpha value is -8.27. The summed E-state index contributed by atoms with van der Waals surface area (Å²) in [4.78, 5) is 36.7. The summed E-state index contributed by atoms with van der Waals surface area (Å²) in [6.07, 6.45) is 2.37. The Bertz CT molecular complexity index is 3100. The van der Waals surface area contributed by atoms with Gasteiger partial charge in [-0.25, -0.2) is 18.1 Å². The highest BCUT2D eigenvalue weighted by Crippen LogP contribution is 2.32. The molecule has 16 heteroatoms. The molecule has 0 radical (unpaired) electrons. The third kappa shape index (κ3) is 12.4. The van der Waals surface area contributed by atoms with Crippen molar-refractivity contribution in [3.8, 4) is 34.4 Å². The number of methoxy groups -OCH3 is 2. The van der Waals surface area contributed by atoms with E-state index in [0.717, 1.165) is 44.3 Å². The minimum atomic E-state index is -0.750. The van der Waals surface area contributed by atoms with Gasteiger partial charge in [-0.1, -0.05) is 24.3 Å². The van der Waals surface area contributed by atoms with E-state index in [0.29, 0.717) is 23.0 Å².